The zero-order valence-corrected chi connectivity index (χ0v) is 9.81. The second-order valence-electron chi connectivity index (χ2n) is 3.53. The van der Waals surface area contributed by atoms with Gasteiger partial charge < -0.3 is 0 Å². The molecule has 0 bridgehead atoms. The SMILES string of the molecule is Cc1cccc(-c2cc(Cl)cc(Cl)c2)c1. The van der Waals surface area contributed by atoms with Gasteiger partial charge >= 0.3 is 0 Å². The Bertz CT molecular complexity index is 469. The monoisotopic (exact) mass is 236 g/mol. The van der Waals surface area contributed by atoms with E-state index < -0.39 is 0 Å². The van der Waals surface area contributed by atoms with Gasteiger partial charge in [0.15, 0.2) is 0 Å². The van der Waals surface area contributed by atoms with E-state index in [0.717, 1.165) is 11.1 Å². The summed E-state index contributed by atoms with van der Waals surface area (Å²) in [6, 6.07) is 13.8. The predicted octanol–water partition coefficient (Wildman–Crippen LogP) is 4.97. The van der Waals surface area contributed by atoms with Gasteiger partial charge in [-0.3, -0.25) is 0 Å². The van der Waals surface area contributed by atoms with Crippen molar-refractivity contribution in [2.24, 2.45) is 0 Å². The summed E-state index contributed by atoms with van der Waals surface area (Å²) in [6.45, 7) is 2.07. The lowest BCUT2D eigenvalue weighted by Gasteiger charge is -2.04. The van der Waals surface area contributed by atoms with Crippen LogP contribution in [0, 0.1) is 6.92 Å². The average molecular weight is 237 g/mol. The fourth-order valence-corrected chi connectivity index (χ4v) is 2.07. The topological polar surface area (TPSA) is 0 Å². The first kappa shape index (κ1) is 10.5. The van der Waals surface area contributed by atoms with Gasteiger partial charge in [-0.1, -0.05) is 53.0 Å². The fraction of sp³-hybridized carbons (Fsp3) is 0.0769. The van der Waals surface area contributed by atoms with Crippen LogP contribution in [0.4, 0.5) is 0 Å². The van der Waals surface area contributed by atoms with Crippen LogP contribution in [0.1, 0.15) is 5.56 Å². The molecule has 0 heterocycles. The predicted molar refractivity (Wildman–Crippen MR) is 66.6 cm³/mol. The average Bonchev–Trinajstić information content (AvgIpc) is 2.16. The first-order valence-corrected chi connectivity index (χ1v) is 5.44. The van der Waals surface area contributed by atoms with Crippen LogP contribution in [0.3, 0.4) is 0 Å². The van der Waals surface area contributed by atoms with Crippen LogP contribution in [0.2, 0.25) is 10.0 Å². The van der Waals surface area contributed by atoms with Crippen LogP contribution in [0.25, 0.3) is 11.1 Å². The molecule has 2 rings (SSSR count). The molecule has 76 valence electrons. The number of rotatable bonds is 1. The molecule has 0 nitrogen and oxygen atoms in total. The molecule has 0 spiro atoms. The summed E-state index contributed by atoms with van der Waals surface area (Å²) in [6.07, 6.45) is 0. The zero-order chi connectivity index (χ0) is 10.8. The third-order valence-corrected chi connectivity index (χ3v) is 2.65. The van der Waals surface area contributed by atoms with Crippen molar-refractivity contribution in [3.05, 3.63) is 58.1 Å². The van der Waals surface area contributed by atoms with Gasteiger partial charge in [0.2, 0.25) is 0 Å². The number of aryl methyl sites for hydroxylation is 1. The molecule has 0 aliphatic heterocycles. The molecular weight excluding hydrogens is 227 g/mol. The maximum absolute atomic E-state index is 5.96. The molecule has 0 radical (unpaired) electrons. The molecule has 0 aromatic heterocycles. The Hall–Kier alpha value is -0.980. The third-order valence-electron chi connectivity index (χ3n) is 2.21. The Morgan fingerprint density at radius 3 is 2.07 bits per heavy atom. The Morgan fingerprint density at radius 1 is 0.800 bits per heavy atom. The molecule has 2 heteroatoms. The smallest absolute Gasteiger partial charge is 0.0426 e. The molecule has 2 aromatic rings. The highest BCUT2D eigenvalue weighted by atomic mass is 35.5. The van der Waals surface area contributed by atoms with E-state index in [1.165, 1.54) is 5.56 Å². The first-order chi connectivity index (χ1) is 7.15. The Labute approximate surface area is 99.5 Å². The normalized spacial score (nSPS) is 10.3. The largest absolute Gasteiger partial charge is 0.0843 e. The highest BCUT2D eigenvalue weighted by molar-refractivity contribution is 6.35. The van der Waals surface area contributed by atoms with Crippen LogP contribution in [0.15, 0.2) is 42.5 Å². The fourth-order valence-electron chi connectivity index (χ4n) is 1.55. The van der Waals surface area contributed by atoms with Crippen molar-refractivity contribution in [1.29, 1.82) is 0 Å². The summed E-state index contributed by atoms with van der Waals surface area (Å²) in [4.78, 5) is 0. The Balaban J connectivity index is 2.54. The van der Waals surface area contributed by atoms with Gasteiger partial charge in [0.05, 0.1) is 0 Å². The summed E-state index contributed by atoms with van der Waals surface area (Å²) in [5.41, 5.74) is 3.42. The highest BCUT2D eigenvalue weighted by Crippen LogP contribution is 2.27. The van der Waals surface area contributed by atoms with Crippen molar-refractivity contribution in [2.45, 2.75) is 6.92 Å². The molecule has 0 aliphatic rings. The van der Waals surface area contributed by atoms with Crippen molar-refractivity contribution in [2.75, 3.05) is 0 Å². The lowest BCUT2D eigenvalue weighted by atomic mass is 10.0. The second-order valence-corrected chi connectivity index (χ2v) is 4.40. The summed E-state index contributed by atoms with van der Waals surface area (Å²) >= 11 is 11.9. The van der Waals surface area contributed by atoms with Gasteiger partial charge in [-0.15, -0.1) is 0 Å². The van der Waals surface area contributed by atoms with Gasteiger partial charge in [0.1, 0.15) is 0 Å². The van der Waals surface area contributed by atoms with Crippen molar-refractivity contribution in [1.82, 2.24) is 0 Å². The van der Waals surface area contributed by atoms with E-state index in [9.17, 15) is 0 Å². The summed E-state index contributed by atoms with van der Waals surface area (Å²) in [7, 11) is 0. The minimum absolute atomic E-state index is 0.666. The van der Waals surface area contributed by atoms with E-state index in [-0.39, 0.29) is 0 Å². The van der Waals surface area contributed by atoms with Crippen LogP contribution < -0.4 is 0 Å². The number of halogens is 2. The highest BCUT2D eigenvalue weighted by Gasteiger charge is 2.01. The molecule has 0 saturated heterocycles. The minimum atomic E-state index is 0.666. The van der Waals surface area contributed by atoms with Crippen LogP contribution in [-0.4, -0.2) is 0 Å². The van der Waals surface area contributed by atoms with Crippen molar-refractivity contribution in [3.8, 4) is 11.1 Å². The van der Waals surface area contributed by atoms with Crippen LogP contribution in [0.5, 0.6) is 0 Å². The molecular formula is C13H10Cl2. The van der Waals surface area contributed by atoms with E-state index in [4.69, 9.17) is 23.2 Å². The van der Waals surface area contributed by atoms with Crippen molar-refractivity contribution in [3.63, 3.8) is 0 Å². The summed E-state index contributed by atoms with van der Waals surface area (Å²) in [5.74, 6) is 0. The molecule has 0 amide bonds. The lowest BCUT2D eigenvalue weighted by Crippen LogP contribution is -1.79. The van der Waals surface area contributed by atoms with E-state index in [1.54, 1.807) is 6.07 Å². The van der Waals surface area contributed by atoms with E-state index in [2.05, 4.69) is 25.1 Å². The van der Waals surface area contributed by atoms with Gasteiger partial charge in [0.25, 0.3) is 0 Å². The third kappa shape index (κ3) is 2.53. The van der Waals surface area contributed by atoms with E-state index in [1.807, 2.05) is 18.2 Å². The molecule has 0 unspecified atom stereocenters. The van der Waals surface area contributed by atoms with E-state index in [0.29, 0.717) is 10.0 Å². The van der Waals surface area contributed by atoms with Gasteiger partial charge in [-0.05, 0) is 36.2 Å². The van der Waals surface area contributed by atoms with Crippen molar-refractivity contribution < 1.29 is 0 Å². The zero-order valence-electron chi connectivity index (χ0n) is 8.30. The minimum Gasteiger partial charge on any atom is -0.0843 e. The number of benzene rings is 2. The maximum atomic E-state index is 5.96. The Kier molecular flexibility index (Phi) is 2.99. The van der Waals surface area contributed by atoms with Gasteiger partial charge in [0, 0.05) is 10.0 Å². The standard InChI is InChI=1S/C13H10Cl2/c1-9-3-2-4-10(5-9)11-6-12(14)8-13(15)7-11/h2-8H,1H3. The van der Waals surface area contributed by atoms with E-state index >= 15 is 0 Å². The number of hydrogen-bond donors (Lipinski definition) is 0. The Morgan fingerprint density at radius 2 is 1.47 bits per heavy atom. The molecule has 0 aliphatic carbocycles. The summed E-state index contributed by atoms with van der Waals surface area (Å²) in [5, 5.41) is 1.33. The lowest BCUT2D eigenvalue weighted by molar-refractivity contribution is 1.47. The van der Waals surface area contributed by atoms with Gasteiger partial charge in [-0.25, -0.2) is 0 Å². The van der Waals surface area contributed by atoms with Crippen LogP contribution >= 0.6 is 23.2 Å². The quantitative estimate of drug-likeness (QED) is 0.656. The molecule has 0 saturated carbocycles. The molecule has 2 aromatic carbocycles. The molecule has 0 fully saturated rings. The summed E-state index contributed by atoms with van der Waals surface area (Å²) < 4.78 is 0. The van der Waals surface area contributed by atoms with Gasteiger partial charge in [-0.2, -0.15) is 0 Å². The molecule has 15 heavy (non-hydrogen) atoms. The first-order valence-electron chi connectivity index (χ1n) is 4.68. The maximum Gasteiger partial charge on any atom is 0.0426 e. The van der Waals surface area contributed by atoms with Crippen LogP contribution in [-0.2, 0) is 0 Å². The number of hydrogen-bond acceptors (Lipinski definition) is 0. The molecule has 0 N–H and O–H groups in total. The van der Waals surface area contributed by atoms with Crippen molar-refractivity contribution >= 4 is 23.2 Å². The molecule has 0 atom stereocenters. The second kappa shape index (κ2) is 4.26.